The zero-order chi connectivity index (χ0) is 4.41. The van der Waals surface area contributed by atoms with Crippen molar-refractivity contribution in [1.29, 1.82) is 0 Å². The first-order chi connectivity index (χ1) is 2.89. The smallest absolute Gasteiger partial charge is 0.166 e. The minimum absolute atomic E-state index is 0.347. The van der Waals surface area contributed by atoms with Gasteiger partial charge in [-0.15, -0.1) is 0 Å². The minimum Gasteiger partial charge on any atom is -0.487 e. The van der Waals surface area contributed by atoms with Crippen LogP contribution in [-0.4, -0.2) is 10.1 Å². The fourth-order valence-corrected chi connectivity index (χ4v) is 0.741. The molecule has 34 valence electrons. The SMILES string of the molecule is O=S1C=COC1. The molecule has 0 saturated carbocycles. The predicted molar refractivity (Wildman–Crippen MR) is 23.2 cm³/mol. The molecule has 0 bridgehead atoms. The Bertz CT molecular complexity index is 97.0. The molecule has 1 atom stereocenters. The van der Waals surface area contributed by atoms with Gasteiger partial charge >= 0.3 is 0 Å². The Balaban J connectivity index is 2.59. The van der Waals surface area contributed by atoms with Crippen LogP contribution in [0.1, 0.15) is 0 Å². The molecule has 1 aliphatic heterocycles. The van der Waals surface area contributed by atoms with Crippen molar-refractivity contribution in [1.82, 2.24) is 0 Å². The Morgan fingerprint density at radius 1 is 1.83 bits per heavy atom. The molecule has 0 saturated heterocycles. The van der Waals surface area contributed by atoms with Gasteiger partial charge in [-0.3, -0.25) is 4.21 Å². The van der Waals surface area contributed by atoms with E-state index in [1.54, 1.807) is 0 Å². The number of hydrogen-bond donors (Lipinski definition) is 0. The van der Waals surface area contributed by atoms with Crippen molar-refractivity contribution in [3.8, 4) is 0 Å². The van der Waals surface area contributed by atoms with Gasteiger partial charge < -0.3 is 4.74 Å². The lowest BCUT2D eigenvalue weighted by atomic mass is 11.1. The highest BCUT2D eigenvalue weighted by atomic mass is 32.2. The highest BCUT2D eigenvalue weighted by Gasteiger charge is 1.96. The molecule has 6 heavy (non-hydrogen) atoms. The molecule has 1 unspecified atom stereocenters. The summed E-state index contributed by atoms with van der Waals surface area (Å²) in [5.74, 6) is 0.347. The van der Waals surface area contributed by atoms with E-state index >= 15 is 0 Å². The molecule has 1 heterocycles. The molecule has 0 fully saturated rings. The Kier molecular flexibility index (Phi) is 0.919. The van der Waals surface area contributed by atoms with Crippen LogP contribution in [0.3, 0.4) is 0 Å². The van der Waals surface area contributed by atoms with E-state index in [2.05, 4.69) is 4.74 Å². The third-order valence-electron chi connectivity index (χ3n) is 0.488. The van der Waals surface area contributed by atoms with Gasteiger partial charge in [0.25, 0.3) is 0 Å². The molecule has 1 aliphatic rings. The van der Waals surface area contributed by atoms with Gasteiger partial charge in [0.15, 0.2) is 5.94 Å². The fraction of sp³-hybridized carbons (Fsp3) is 0.333. The van der Waals surface area contributed by atoms with Gasteiger partial charge in [-0.2, -0.15) is 0 Å². The molecule has 0 amide bonds. The minimum atomic E-state index is -0.826. The van der Waals surface area contributed by atoms with Crippen molar-refractivity contribution in [2.75, 3.05) is 5.94 Å². The van der Waals surface area contributed by atoms with Gasteiger partial charge in [-0.1, -0.05) is 0 Å². The summed E-state index contributed by atoms with van der Waals surface area (Å²) < 4.78 is 14.7. The van der Waals surface area contributed by atoms with Crippen LogP contribution in [0.25, 0.3) is 0 Å². The summed E-state index contributed by atoms with van der Waals surface area (Å²) >= 11 is 0. The van der Waals surface area contributed by atoms with Crippen LogP contribution in [0, 0.1) is 0 Å². The summed E-state index contributed by atoms with van der Waals surface area (Å²) in [7, 11) is -0.826. The summed E-state index contributed by atoms with van der Waals surface area (Å²) in [6.45, 7) is 0. The zero-order valence-electron chi connectivity index (χ0n) is 3.09. The van der Waals surface area contributed by atoms with Crippen molar-refractivity contribution in [2.45, 2.75) is 0 Å². The first kappa shape index (κ1) is 3.87. The maximum absolute atomic E-state index is 10.1. The van der Waals surface area contributed by atoms with E-state index in [0.717, 1.165) is 0 Å². The summed E-state index contributed by atoms with van der Waals surface area (Å²) in [5, 5.41) is 1.53. The van der Waals surface area contributed by atoms with Gasteiger partial charge in [0.2, 0.25) is 0 Å². The number of hydrogen-bond acceptors (Lipinski definition) is 2. The second kappa shape index (κ2) is 1.43. The van der Waals surface area contributed by atoms with Gasteiger partial charge in [0.1, 0.15) is 0 Å². The molecular formula is C3H4O2S. The summed E-state index contributed by atoms with van der Waals surface area (Å²) in [5.41, 5.74) is 0. The average Bonchev–Trinajstić information content (AvgIpc) is 1.86. The second-order valence-corrected chi connectivity index (χ2v) is 2.21. The van der Waals surface area contributed by atoms with Crippen molar-refractivity contribution in [3.63, 3.8) is 0 Å². The van der Waals surface area contributed by atoms with Crippen molar-refractivity contribution in [2.24, 2.45) is 0 Å². The standard InChI is InChI=1S/C3H4O2S/c4-6-2-1-5-3-6/h1-2H,3H2. The molecule has 0 aliphatic carbocycles. The van der Waals surface area contributed by atoms with Gasteiger partial charge in [-0.25, -0.2) is 0 Å². The monoisotopic (exact) mass is 104 g/mol. The quantitative estimate of drug-likeness (QED) is 0.438. The van der Waals surface area contributed by atoms with Crippen molar-refractivity contribution in [3.05, 3.63) is 11.7 Å². The van der Waals surface area contributed by atoms with Crippen LogP contribution < -0.4 is 0 Å². The molecule has 0 radical (unpaired) electrons. The summed E-state index contributed by atoms with van der Waals surface area (Å²) in [4.78, 5) is 0. The van der Waals surface area contributed by atoms with Crippen LogP contribution in [-0.2, 0) is 15.5 Å². The maximum atomic E-state index is 10.1. The van der Waals surface area contributed by atoms with Gasteiger partial charge in [0, 0.05) is 5.41 Å². The summed E-state index contributed by atoms with van der Waals surface area (Å²) in [6, 6.07) is 0. The Morgan fingerprint density at radius 2 is 2.67 bits per heavy atom. The van der Waals surface area contributed by atoms with E-state index in [-0.39, 0.29) is 0 Å². The number of ether oxygens (including phenoxy) is 1. The fourth-order valence-electron chi connectivity index (χ4n) is 0.247. The van der Waals surface area contributed by atoms with Crippen LogP contribution in [0.4, 0.5) is 0 Å². The van der Waals surface area contributed by atoms with Gasteiger partial charge in [0.05, 0.1) is 17.1 Å². The summed E-state index contributed by atoms with van der Waals surface area (Å²) in [6.07, 6.45) is 1.45. The van der Waals surface area contributed by atoms with E-state index in [1.807, 2.05) is 0 Å². The zero-order valence-corrected chi connectivity index (χ0v) is 3.90. The Labute approximate surface area is 38.3 Å². The topological polar surface area (TPSA) is 26.3 Å². The predicted octanol–water partition coefficient (Wildman–Crippen LogP) is 0.194. The lowest BCUT2D eigenvalue weighted by Gasteiger charge is -1.79. The first-order valence-corrected chi connectivity index (χ1v) is 2.93. The third-order valence-corrected chi connectivity index (χ3v) is 1.27. The highest BCUT2D eigenvalue weighted by molar-refractivity contribution is 7.88. The molecule has 1 rings (SSSR count). The van der Waals surface area contributed by atoms with E-state index in [4.69, 9.17) is 0 Å². The molecule has 0 aromatic rings. The van der Waals surface area contributed by atoms with Crippen LogP contribution >= 0.6 is 0 Å². The Hall–Kier alpha value is -0.310. The van der Waals surface area contributed by atoms with Gasteiger partial charge in [-0.05, 0) is 0 Å². The van der Waals surface area contributed by atoms with E-state index in [0.29, 0.717) is 5.94 Å². The lowest BCUT2D eigenvalue weighted by Crippen LogP contribution is -1.83. The van der Waals surface area contributed by atoms with Crippen LogP contribution in [0.2, 0.25) is 0 Å². The molecule has 0 aromatic carbocycles. The van der Waals surface area contributed by atoms with Crippen molar-refractivity contribution < 1.29 is 8.95 Å². The average molecular weight is 104 g/mol. The van der Waals surface area contributed by atoms with E-state index in [9.17, 15) is 4.21 Å². The van der Waals surface area contributed by atoms with Crippen LogP contribution in [0.15, 0.2) is 11.7 Å². The molecule has 2 nitrogen and oxygen atoms in total. The largest absolute Gasteiger partial charge is 0.487 e. The molecule has 0 N–H and O–H groups in total. The molecular weight excluding hydrogens is 100 g/mol. The third kappa shape index (κ3) is 0.597. The number of rotatable bonds is 0. The maximum Gasteiger partial charge on any atom is 0.166 e. The highest BCUT2D eigenvalue weighted by Crippen LogP contribution is 1.95. The van der Waals surface area contributed by atoms with E-state index in [1.165, 1.54) is 11.7 Å². The van der Waals surface area contributed by atoms with Crippen LogP contribution in [0.5, 0.6) is 0 Å². The molecule has 0 spiro atoms. The lowest BCUT2D eigenvalue weighted by molar-refractivity contribution is 0.322. The normalized spacial score (nSPS) is 30.3. The van der Waals surface area contributed by atoms with E-state index < -0.39 is 10.8 Å². The first-order valence-electron chi connectivity index (χ1n) is 1.55. The molecule has 3 heteroatoms. The molecule has 0 aromatic heterocycles. The second-order valence-electron chi connectivity index (χ2n) is 0.937. The van der Waals surface area contributed by atoms with Crippen molar-refractivity contribution >= 4 is 10.8 Å². The Morgan fingerprint density at radius 3 is 2.83 bits per heavy atom.